The van der Waals surface area contributed by atoms with Gasteiger partial charge in [0.15, 0.2) is 28.8 Å². The van der Waals surface area contributed by atoms with E-state index in [2.05, 4.69) is 22.2 Å². The lowest BCUT2D eigenvalue weighted by Gasteiger charge is -2.39. The van der Waals surface area contributed by atoms with Crippen LogP contribution in [0.25, 0.3) is 57.7 Å². The van der Waals surface area contributed by atoms with Crippen LogP contribution in [-0.2, 0) is 30.7 Å². The lowest BCUT2D eigenvalue weighted by atomic mass is 9.64. The van der Waals surface area contributed by atoms with E-state index < -0.39 is 0 Å². The quantitative estimate of drug-likeness (QED) is 0.131. The van der Waals surface area contributed by atoms with E-state index in [1.165, 1.54) is 35.1 Å². The van der Waals surface area contributed by atoms with Crippen molar-refractivity contribution in [3.05, 3.63) is 70.9 Å². The van der Waals surface area contributed by atoms with Crippen molar-refractivity contribution in [2.75, 3.05) is 0 Å². The fourth-order valence-corrected chi connectivity index (χ4v) is 12.9. The summed E-state index contributed by atoms with van der Waals surface area (Å²) >= 11 is 3.42. The van der Waals surface area contributed by atoms with Crippen LogP contribution in [0.15, 0.2) is 59.1 Å². The van der Waals surface area contributed by atoms with E-state index >= 15 is 0 Å². The van der Waals surface area contributed by atoms with E-state index in [1.54, 1.807) is 28.7 Å². The summed E-state index contributed by atoms with van der Waals surface area (Å²) in [4.78, 5) is 59.2. The number of nitrogens with zero attached hydrogens (tertiary/aromatic N) is 4. The molecule has 10 heteroatoms. The number of hydrogen-bond donors (Lipinski definition) is 0. The number of thiophene rings is 2. The highest BCUT2D eigenvalue weighted by atomic mass is 32.1. The Labute approximate surface area is 306 Å². The Hall–Kier alpha value is -4.93. The molecule has 0 aliphatic heterocycles. The van der Waals surface area contributed by atoms with Crippen molar-refractivity contribution in [1.29, 1.82) is 0 Å². The van der Waals surface area contributed by atoms with Gasteiger partial charge in [-0.2, -0.15) is 0 Å². The first-order valence-electron chi connectivity index (χ1n) is 18.2. The summed E-state index contributed by atoms with van der Waals surface area (Å²) in [5.41, 5.74) is 6.33. The molecule has 0 amide bonds. The Morgan fingerprint density at radius 2 is 1.21 bits per heavy atom. The van der Waals surface area contributed by atoms with Gasteiger partial charge in [-0.15, -0.1) is 22.7 Å². The van der Waals surface area contributed by atoms with Gasteiger partial charge in [0.05, 0.1) is 46.4 Å². The molecule has 52 heavy (non-hydrogen) atoms. The largest absolute Gasteiger partial charge is 0.342 e. The zero-order valence-corrected chi connectivity index (χ0v) is 30.6. The number of hydrogen-bond acceptors (Lipinski definition) is 7. The van der Waals surface area contributed by atoms with Gasteiger partial charge in [-0.1, -0.05) is 49.9 Å². The summed E-state index contributed by atoms with van der Waals surface area (Å²) in [6.07, 6.45) is 8.25. The number of allylic oxidation sites excluding steroid dienone is 1. The van der Waals surface area contributed by atoms with E-state index in [-0.39, 0.29) is 46.3 Å². The van der Waals surface area contributed by atoms with Gasteiger partial charge in [-0.05, 0) is 59.7 Å². The predicted molar refractivity (Wildman–Crippen MR) is 208 cm³/mol. The molecule has 2 aromatic carbocycles. The van der Waals surface area contributed by atoms with Crippen LogP contribution in [0.1, 0.15) is 64.9 Å². The molecule has 0 saturated heterocycles. The standard InChI is InChI=1S/C42H34N4O4S2/c1-44-23(16-28-37(47)24-12-19-8-4-5-9-20(19)13-25(24)38(28)48)17-29-33(44)35-41(51-29)42-36(46(35)3)34-30(52-42)18-31(45(34)2)43-32-39(49)26-14-21-10-6-7-11-22(21)15-27(26)40(32)50/h4-5,8-9,12-13,16-18,21-22,26-27H,6-7,10-11,14-15H2,1-3H3. The molecule has 5 heterocycles. The van der Waals surface area contributed by atoms with Crippen molar-refractivity contribution in [3.8, 4) is 0 Å². The van der Waals surface area contributed by atoms with E-state index in [9.17, 15) is 19.2 Å². The van der Waals surface area contributed by atoms with E-state index in [0.29, 0.717) is 28.8 Å². The van der Waals surface area contributed by atoms with Gasteiger partial charge < -0.3 is 13.7 Å². The SMILES string of the molecule is Cn1c(C=C2C(=O)c3cc4ccccc4cc3C2=O)cc2sc3c4sc5cc(N=C6C(=O)C7CC8CCCCC8CC7C6=O)n(C)c5c4n(C)c3c21. The molecule has 5 aromatic heterocycles. The predicted octanol–water partition coefficient (Wildman–Crippen LogP) is 9.11. The molecule has 3 saturated carbocycles. The molecule has 4 atom stereocenters. The number of ketones is 4. The van der Waals surface area contributed by atoms with Crippen LogP contribution < -0.4 is 0 Å². The number of carbonyl (C=O) groups excluding carboxylic acids is 4. The van der Waals surface area contributed by atoms with Crippen LogP contribution in [0.3, 0.4) is 0 Å². The van der Waals surface area contributed by atoms with Gasteiger partial charge >= 0.3 is 0 Å². The monoisotopic (exact) mass is 722 g/mol. The highest BCUT2D eigenvalue weighted by Gasteiger charge is 2.52. The average Bonchev–Trinajstić information content (AvgIpc) is 3.98. The molecule has 0 spiro atoms. The Kier molecular flexibility index (Phi) is 6.24. The second-order valence-electron chi connectivity index (χ2n) is 15.4. The van der Waals surface area contributed by atoms with Crippen molar-refractivity contribution in [2.24, 2.45) is 49.8 Å². The van der Waals surface area contributed by atoms with Crippen LogP contribution >= 0.6 is 22.7 Å². The summed E-state index contributed by atoms with van der Waals surface area (Å²) in [6.45, 7) is 0. The first-order chi connectivity index (χ1) is 25.2. The fourth-order valence-electron chi connectivity index (χ4n) is 10.1. The van der Waals surface area contributed by atoms with Gasteiger partial charge in [0.25, 0.3) is 0 Å². The maximum Gasteiger partial charge on any atom is 0.197 e. The van der Waals surface area contributed by atoms with Crippen molar-refractivity contribution in [3.63, 3.8) is 0 Å². The number of Topliss-reactive ketones (excluding diaryl/α,β-unsaturated/α-hetero) is 4. The van der Waals surface area contributed by atoms with Crippen LogP contribution in [0.4, 0.5) is 5.82 Å². The molecule has 11 rings (SSSR count). The average molecular weight is 723 g/mol. The lowest BCUT2D eigenvalue weighted by Crippen LogP contribution is -2.35. The number of benzene rings is 2. The molecule has 8 nitrogen and oxygen atoms in total. The number of rotatable bonds is 2. The molecule has 7 aromatic rings. The van der Waals surface area contributed by atoms with E-state index in [4.69, 9.17) is 4.99 Å². The number of fused-ring (bicyclic) bond motifs is 11. The van der Waals surface area contributed by atoms with Crippen LogP contribution in [0, 0.1) is 23.7 Å². The first kappa shape index (κ1) is 30.7. The summed E-state index contributed by atoms with van der Waals surface area (Å²) in [7, 11) is 6.04. The Bertz CT molecular complexity index is 2810. The van der Waals surface area contributed by atoms with Crippen LogP contribution in [0.2, 0.25) is 0 Å². The Morgan fingerprint density at radius 3 is 1.79 bits per heavy atom. The lowest BCUT2D eigenvalue weighted by molar-refractivity contribution is -0.123. The van der Waals surface area contributed by atoms with Crippen molar-refractivity contribution < 1.29 is 19.2 Å². The highest BCUT2D eigenvalue weighted by Crippen LogP contribution is 2.50. The molecule has 4 aliphatic rings. The van der Waals surface area contributed by atoms with Gasteiger partial charge in [0.2, 0.25) is 0 Å². The zero-order valence-electron chi connectivity index (χ0n) is 29.0. The normalized spacial score (nSPS) is 23.3. The molecular formula is C42H34N4O4S2. The molecular weight excluding hydrogens is 689 g/mol. The third-order valence-electron chi connectivity index (χ3n) is 12.8. The Morgan fingerprint density at radius 1 is 0.673 bits per heavy atom. The molecule has 0 radical (unpaired) electrons. The summed E-state index contributed by atoms with van der Waals surface area (Å²) in [5.74, 6) is 0.801. The topological polar surface area (TPSA) is 95.4 Å². The minimum Gasteiger partial charge on any atom is -0.342 e. The zero-order chi connectivity index (χ0) is 35.3. The molecule has 3 fully saturated rings. The highest BCUT2D eigenvalue weighted by molar-refractivity contribution is 7.33. The molecule has 0 bridgehead atoms. The second-order valence-corrected chi connectivity index (χ2v) is 17.5. The number of aromatic nitrogens is 3. The summed E-state index contributed by atoms with van der Waals surface area (Å²) in [6, 6.07) is 15.5. The molecule has 4 aliphatic carbocycles. The minimum atomic E-state index is -0.233. The van der Waals surface area contributed by atoms with Gasteiger partial charge in [0, 0.05) is 55.9 Å². The number of carbonyl (C=O) groups is 4. The van der Waals surface area contributed by atoms with Gasteiger partial charge in [-0.25, -0.2) is 4.99 Å². The first-order valence-corrected chi connectivity index (χ1v) is 19.8. The third kappa shape index (κ3) is 3.94. The summed E-state index contributed by atoms with van der Waals surface area (Å²) in [5, 5.41) is 1.88. The minimum absolute atomic E-state index is 0.0525. The smallest absolute Gasteiger partial charge is 0.197 e. The van der Waals surface area contributed by atoms with Crippen molar-refractivity contribution >= 4 is 115 Å². The fraction of sp³-hybridized carbons (Fsp3) is 0.310. The maximum atomic E-state index is 13.6. The van der Waals surface area contributed by atoms with Gasteiger partial charge in [0.1, 0.15) is 5.82 Å². The van der Waals surface area contributed by atoms with Crippen LogP contribution in [0.5, 0.6) is 0 Å². The second kappa shape index (κ2) is 10.6. The van der Waals surface area contributed by atoms with Crippen molar-refractivity contribution in [2.45, 2.75) is 38.5 Å². The maximum absolute atomic E-state index is 13.6. The number of aliphatic imine (C=N–C) groups is 1. The Balaban J connectivity index is 0.982. The van der Waals surface area contributed by atoms with Gasteiger partial charge in [-0.3, -0.25) is 19.2 Å². The third-order valence-corrected chi connectivity index (χ3v) is 15.2. The molecule has 258 valence electrons. The van der Waals surface area contributed by atoms with Crippen LogP contribution in [-0.4, -0.2) is 42.5 Å². The number of aryl methyl sites for hydroxylation is 3. The van der Waals surface area contributed by atoms with E-state index in [0.717, 1.165) is 60.8 Å². The van der Waals surface area contributed by atoms with Crippen molar-refractivity contribution in [1.82, 2.24) is 13.7 Å². The molecule has 0 N–H and O–H groups in total. The molecule has 4 unspecified atom stereocenters. The van der Waals surface area contributed by atoms with E-state index in [1.807, 2.05) is 61.1 Å². The summed E-state index contributed by atoms with van der Waals surface area (Å²) < 4.78 is 10.9.